The lowest BCUT2D eigenvalue weighted by Crippen LogP contribution is -2.07. The van der Waals surface area contributed by atoms with E-state index in [-0.39, 0.29) is 0 Å². The zero-order valence-electron chi connectivity index (χ0n) is 5.31. The summed E-state index contributed by atoms with van der Waals surface area (Å²) in [5.41, 5.74) is 0. The van der Waals surface area contributed by atoms with Crippen LogP contribution in [0.1, 0.15) is 26.2 Å². The normalized spacial score (nSPS) is 30.4. The molecule has 8 heavy (non-hydrogen) atoms. The van der Waals surface area contributed by atoms with Crippen molar-refractivity contribution in [1.29, 1.82) is 0 Å². The number of rotatable bonds is 1. The van der Waals surface area contributed by atoms with Gasteiger partial charge in [0.2, 0.25) is 0 Å². The maximum Gasteiger partial charge on any atom is 0.0113 e. The fourth-order valence-corrected chi connectivity index (χ4v) is 1.95. The Kier molecular flexibility index (Phi) is 2.74. The van der Waals surface area contributed by atoms with Crippen molar-refractivity contribution in [2.24, 2.45) is 0 Å². The maximum absolute atomic E-state index is 3.43. The van der Waals surface area contributed by atoms with Gasteiger partial charge >= 0.3 is 0 Å². The van der Waals surface area contributed by atoms with E-state index in [1.807, 2.05) is 0 Å². The Labute approximate surface area is 56.0 Å². The summed E-state index contributed by atoms with van der Waals surface area (Å²) in [6.45, 7) is 2.23. The van der Waals surface area contributed by atoms with Crippen LogP contribution in [0.4, 0.5) is 0 Å². The smallest absolute Gasteiger partial charge is 0.0113 e. The lowest BCUT2D eigenvalue weighted by molar-refractivity contribution is 0.785. The molecule has 1 saturated heterocycles. The van der Waals surface area contributed by atoms with Crippen LogP contribution < -0.4 is 0 Å². The summed E-state index contributed by atoms with van der Waals surface area (Å²) in [6, 6.07) is 0. The zero-order chi connectivity index (χ0) is 5.82. The van der Waals surface area contributed by atoms with Crippen molar-refractivity contribution in [1.82, 2.24) is 0 Å². The highest BCUT2D eigenvalue weighted by Crippen LogP contribution is 2.25. The van der Waals surface area contributed by atoms with Crippen LogP contribution in [-0.4, -0.2) is 11.0 Å². The Morgan fingerprint density at radius 3 is 3.00 bits per heavy atom. The maximum atomic E-state index is 3.43. The molecule has 1 unspecified atom stereocenters. The van der Waals surface area contributed by atoms with Crippen molar-refractivity contribution in [3.8, 4) is 0 Å². The van der Waals surface area contributed by atoms with Crippen LogP contribution in [0.3, 0.4) is 0 Å². The molecule has 0 aromatic rings. The summed E-state index contributed by atoms with van der Waals surface area (Å²) in [5, 5.41) is 0.753. The SMILES string of the molecule is CCC1[C]CCCS1. The number of hydrogen-bond donors (Lipinski definition) is 0. The highest BCUT2D eigenvalue weighted by Gasteiger charge is 2.10. The largest absolute Gasteiger partial charge is 0.158 e. The van der Waals surface area contributed by atoms with Crippen molar-refractivity contribution < 1.29 is 0 Å². The molecule has 1 aliphatic rings. The average Bonchev–Trinajstić information content (AvgIpc) is 1.90. The molecule has 0 saturated carbocycles. The first-order valence-corrected chi connectivity index (χ1v) is 4.33. The van der Waals surface area contributed by atoms with Crippen LogP contribution in [0.25, 0.3) is 0 Å². The molecule has 2 radical (unpaired) electrons. The van der Waals surface area contributed by atoms with Crippen molar-refractivity contribution in [3.05, 3.63) is 6.42 Å². The average molecular weight is 128 g/mol. The van der Waals surface area contributed by atoms with Gasteiger partial charge < -0.3 is 0 Å². The first-order chi connectivity index (χ1) is 3.93. The van der Waals surface area contributed by atoms with Crippen LogP contribution in [-0.2, 0) is 0 Å². The quantitative estimate of drug-likeness (QED) is 0.522. The molecule has 0 amide bonds. The lowest BCUT2D eigenvalue weighted by atomic mass is 10.1. The zero-order valence-corrected chi connectivity index (χ0v) is 6.13. The molecule has 0 aliphatic carbocycles. The standard InChI is InChI=1S/C7H12S/c1-2-7-5-3-4-6-8-7/h7H,2-4,6H2,1H3. The molecule has 0 aromatic heterocycles. The summed E-state index contributed by atoms with van der Waals surface area (Å²) in [7, 11) is 0. The van der Waals surface area contributed by atoms with Crippen molar-refractivity contribution in [2.45, 2.75) is 31.4 Å². The number of hydrogen-bond acceptors (Lipinski definition) is 1. The summed E-state index contributed by atoms with van der Waals surface area (Å²) < 4.78 is 0. The molecule has 0 bridgehead atoms. The first kappa shape index (κ1) is 6.47. The minimum Gasteiger partial charge on any atom is -0.158 e. The minimum absolute atomic E-state index is 0.753. The molecule has 0 aromatic carbocycles. The molecule has 1 aliphatic heterocycles. The molecular weight excluding hydrogens is 116 g/mol. The van der Waals surface area contributed by atoms with Gasteiger partial charge in [-0.25, -0.2) is 0 Å². The Hall–Kier alpha value is 0.350. The van der Waals surface area contributed by atoms with Crippen LogP contribution in [0.5, 0.6) is 0 Å². The second kappa shape index (κ2) is 3.39. The van der Waals surface area contributed by atoms with E-state index >= 15 is 0 Å². The predicted octanol–water partition coefficient (Wildman–Crippen LogP) is 2.37. The van der Waals surface area contributed by atoms with E-state index in [1.165, 1.54) is 25.0 Å². The molecule has 1 atom stereocenters. The summed E-state index contributed by atoms with van der Waals surface area (Å²) in [4.78, 5) is 0. The second-order valence-electron chi connectivity index (χ2n) is 2.08. The van der Waals surface area contributed by atoms with Crippen molar-refractivity contribution in [2.75, 3.05) is 5.75 Å². The molecule has 1 rings (SSSR count). The lowest BCUT2D eigenvalue weighted by Gasteiger charge is -2.17. The molecule has 0 N–H and O–H groups in total. The summed E-state index contributed by atoms with van der Waals surface area (Å²) >= 11 is 2.05. The highest BCUT2D eigenvalue weighted by molar-refractivity contribution is 8.00. The van der Waals surface area contributed by atoms with E-state index in [0.29, 0.717) is 0 Å². The Balaban J connectivity index is 2.13. The van der Waals surface area contributed by atoms with E-state index in [2.05, 4.69) is 25.1 Å². The molecule has 0 nitrogen and oxygen atoms in total. The van der Waals surface area contributed by atoms with Gasteiger partial charge in [0.1, 0.15) is 0 Å². The molecule has 1 heterocycles. The van der Waals surface area contributed by atoms with E-state index < -0.39 is 0 Å². The van der Waals surface area contributed by atoms with Gasteiger partial charge in [0.05, 0.1) is 0 Å². The fraction of sp³-hybridized carbons (Fsp3) is 0.857. The molecule has 1 heteroatoms. The van der Waals surface area contributed by atoms with Crippen LogP contribution in [0.2, 0.25) is 0 Å². The Bertz CT molecular complexity index is 55.4. The monoisotopic (exact) mass is 128 g/mol. The van der Waals surface area contributed by atoms with Gasteiger partial charge in [0.25, 0.3) is 0 Å². The van der Waals surface area contributed by atoms with Crippen molar-refractivity contribution >= 4 is 11.8 Å². The topological polar surface area (TPSA) is 0 Å². The second-order valence-corrected chi connectivity index (χ2v) is 3.39. The fourth-order valence-electron chi connectivity index (χ4n) is 0.882. The van der Waals surface area contributed by atoms with Crippen LogP contribution in [0.15, 0.2) is 0 Å². The van der Waals surface area contributed by atoms with Crippen LogP contribution >= 0.6 is 11.8 Å². The van der Waals surface area contributed by atoms with Gasteiger partial charge in [-0.3, -0.25) is 0 Å². The van der Waals surface area contributed by atoms with Gasteiger partial charge in [-0.05, 0) is 31.4 Å². The Morgan fingerprint density at radius 2 is 2.62 bits per heavy atom. The minimum atomic E-state index is 0.753. The third-order valence-corrected chi connectivity index (χ3v) is 2.81. The van der Waals surface area contributed by atoms with E-state index in [0.717, 1.165) is 5.25 Å². The van der Waals surface area contributed by atoms with Gasteiger partial charge in [-0.2, -0.15) is 11.8 Å². The predicted molar refractivity (Wildman–Crippen MR) is 39.0 cm³/mol. The summed E-state index contributed by atoms with van der Waals surface area (Å²) in [5.74, 6) is 1.35. The third-order valence-electron chi connectivity index (χ3n) is 1.38. The van der Waals surface area contributed by atoms with E-state index in [4.69, 9.17) is 0 Å². The summed E-state index contributed by atoms with van der Waals surface area (Å²) in [6.07, 6.45) is 7.28. The van der Waals surface area contributed by atoms with Gasteiger partial charge in [0, 0.05) is 5.25 Å². The molecule has 0 spiro atoms. The number of thioether (sulfide) groups is 1. The van der Waals surface area contributed by atoms with Gasteiger partial charge in [0.15, 0.2) is 0 Å². The van der Waals surface area contributed by atoms with Crippen molar-refractivity contribution in [3.63, 3.8) is 0 Å². The Morgan fingerprint density at radius 1 is 1.75 bits per heavy atom. The van der Waals surface area contributed by atoms with E-state index in [9.17, 15) is 0 Å². The van der Waals surface area contributed by atoms with Gasteiger partial charge in [-0.1, -0.05) is 6.92 Å². The van der Waals surface area contributed by atoms with Gasteiger partial charge in [-0.15, -0.1) is 0 Å². The molecule has 1 fully saturated rings. The van der Waals surface area contributed by atoms with E-state index in [1.54, 1.807) is 0 Å². The highest BCUT2D eigenvalue weighted by atomic mass is 32.2. The molecule has 46 valence electrons. The first-order valence-electron chi connectivity index (χ1n) is 3.28. The van der Waals surface area contributed by atoms with Crippen LogP contribution in [0, 0.1) is 6.42 Å². The third kappa shape index (κ3) is 1.70. The molecular formula is C7H12S.